The van der Waals surface area contributed by atoms with Crippen molar-refractivity contribution in [1.82, 2.24) is 0 Å². The number of fused-ring (bicyclic) bond motifs is 4. The molecule has 0 spiro atoms. The van der Waals surface area contributed by atoms with E-state index in [4.69, 9.17) is 20.0 Å². The van der Waals surface area contributed by atoms with Gasteiger partial charge in [0.15, 0.2) is 0 Å². The van der Waals surface area contributed by atoms with Crippen LogP contribution in [0.25, 0.3) is 22.3 Å². The molecule has 4 aromatic carbocycles. The van der Waals surface area contributed by atoms with E-state index in [1.54, 1.807) is 48.6 Å². The molecule has 328 valence electrons. The molecule has 0 unspecified atom stereocenters. The molecule has 4 N–H and O–H groups in total. The summed E-state index contributed by atoms with van der Waals surface area (Å²) >= 11 is 0. The van der Waals surface area contributed by atoms with Crippen LogP contribution in [0.2, 0.25) is 0 Å². The number of aliphatic imine (C=N–C) groups is 4. The van der Waals surface area contributed by atoms with Crippen molar-refractivity contribution < 1.29 is 51.9 Å². The Kier molecular flexibility index (Phi) is 11.4. The van der Waals surface area contributed by atoms with Crippen molar-refractivity contribution in [3.8, 4) is 0 Å². The molecule has 0 amide bonds. The zero-order valence-corrected chi connectivity index (χ0v) is 36.8. The van der Waals surface area contributed by atoms with Crippen molar-refractivity contribution in [3.05, 3.63) is 191 Å². The summed E-state index contributed by atoms with van der Waals surface area (Å²) in [5, 5.41) is 0. The topological polar surface area (TPSA) is 267 Å². The van der Waals surface area contributed by atoms with Crippen LogP contribution in [0.5, 0.6) is 0 Å². The summed E-state index contributed by atoms with van der Waals surface area (Å²) in [6.45, 7) is 0. The fraction of sp³-hybridized carbons (Fsp3) is 0. The molecule has 0 aliphatic carbocycles. The lowest BCUT2D eigenvalue weighted by Gasteiger charge is -2.18. The zero-order chi connectivity index (χ0) is 45.3. The summed E-state index contributed by atoms with van der Waals surface area (Å²) in [4.78, 5) is 18.1. The van der Waals surface area contributed by atoms with E-state index in [0.29, 0.717) is 67.5 Å². The third-order valence-corrected chi connectivity index (χ3v) is 13.7. The Balaban J connectivity index is 0.00000576. The summed E-state index contributed by atoms with van der Waals surface area (Å²) in [5.74, 6) is 0. The summed E-state index contributed by atoms with van der Waals surface area (Å²) in [6.07, 6.45) is 13.9. The van der Waals surface area contributed by atoms with Gasteiger partial charge in [-0.05, 0) is 119 Å². The first kappa shape index (κ1) is 45.0. The van der Waals surface area contributed by atoms with Crippen molar-refractivity contribution in [2.45, 2.75) is 19.6 Å². The SMILES string of the molecule is Cl.O=S(=O)(O)c1ccc(C2=CC3=CC4=NC(=CC5=NC(=CC6=NC(=C(c7ccc(S(=O)(=O)O)cc7)C2=N3)C(c2ccc(S(=O)(=O)O)cc2)=C6c2ccc(S(=O)(=O)O)cc2)C=C5)C=C4)cc1. The van der Waals surface area contributed by atoms with Crippen LogP contribution in [0.1, 0.15) is 22.3 Å². The van der Waals surface area contributed by atoms with Gasteiger partial charge in [0.25, 0.3) is 40.5 Å². The highest BCUT2D eigenvalue weighted by molar-refractivity contribution is 7.86. The molecule has 4 aromatic rings. The lowest BCUT2D eigenvalue weighted by molar-refractivity contribution is 0.481. The molecular formula is C44H29ClN4O12S4. The molecule has 8 bridgehead atoms. The van der Waals surface area contributed by atoms with Crippen LogP contribution in [0.15, 0.2) is 208 Å². The summed E-state index contributed by atoms with van der Waals surface area (Å²) < 4.78 is 137. The molecule has 5 heterocycles. The fourth-order valence-electron chi connectivity index (χ4n) is 7.39. The van der Waals surface area contributed by atoms with Gasteiger partial charge in [0.1, 0.15) is 0 Å². The van der Waals surface area contributed by atoms with Gasteiger partial charge in [-0.25, -0.2) is 20.0 Å². The van der Waals surface area contributed by atoms with Gasteiger partial charge >= 0.3 is 0 Å². The summed E-state index contributed by atoms with van der Waals surface area (Å²) in [7, 11) is -18.6. The average molecular weight is 969 g/mol. The Hall–Kier alpha value is -6.59. The number of halogens is 1. The molecule has 0 saturated carbocycles. The summed E-state index contributed by atoms with van der Waals surface area (Å²) in [5.41, 5.74) is 5.69. The highest BCUT2D eigenvalue weighted by Crippen LogP contribution is 2.46. The van der Waals surface area contributed by atoms with Gasteiger partial charge in [0, 0.05) is 22.3 Å². The van der Waals surface area contributed by atoms with Crippen LogP contribution in [-0.4, -0.2) is 74.7 Å². The van der Waals surface area contributed by atoms with E-state index in [-0.39, 0.29) is 40.0 Å². The molecule has 65 heavy (non-hydrogen) atoms. The third-order valence-electron chi connectivity index (χ3n) is 10.3. The maximum absolute atomic E-state index is 12.3. The van der Waals surface area contributed by atoms with Crippen molar-refractivity contribution in [2.75, 3.05) is 0 Å². The van der Waals surface area contributed by atoms with Gasteiger partial charge in [-0.2, -0.15) is 33.7 Å². The number of rotatable bonds is 8. The lowest BCUT2D eigenvalue weighted by atomic mass is 9.86. The number of allylic oxidation sites excluding steroid dienone is 12. The van der Waals surface area contributed by atoms with Crippen LogP contribution in [0, 0.1) is 0 Å². The van der Waals surface area contributed by atoms with Crippen LogP contribution in [-0.2, 0) is 40.5 Å². The highest BCUT2D eigenvalue weighted by Gasteiger charge is 2.34. The van der Waals surface area contributed by atoms with Crippen molar-refractivity contribution in [1.29, 1.82) is 0 Å². The number of hydrogen-bond donors (Lipinski definition) is 4. The highest BCUT2D eigenvalue weighted by atomic mass is 35.5. The molecular weight excluding hydrogens is 940 g/mol. The Morgan fingerprint density at radius 2 is 0.723 bits per heavy atom. The van der Waals surface area contributed by atoms with Crippen LogP contribution < -0.4 is 0 Å². The molecule has 0 fully saturated rings. The Morgan fingerprint density at radius 3 is 1.15 bits per heavy atom. The van der Waals surface area contributed by atoms with Gasteiger partial charge in [-0.15, -0.1) is 12.4 Å². The van der Waals surface area contributed by atoms with E-state index in [1.807, 2.05) is 0 Å². The molecule has 0 saturated heterocycles. The molecule has 16 nitrogen and oxygen atoms in total. The van der Waals surface area contributed by atoms with E-state index < -0.39 is 55.2 Å². The largest absolute Gasteiger partial charge is 0.294 e. The van der Waals surface area contributed by atoms with Crippen LogP contribution >= 0.6 is 12.4 Å². The Morgan fingerprint density at radius 1 is 0.354 bits per heavy atom. The van der Waals surface area contributed by atoms with E-state index in [0.717, 1.165) is 0 Å². The zero-order valence-electron chi connectivity index (χ0n) is 32.7. The fourth-order valence-corrected chi connectivity index (χ4v) is 9.31. The van der Waals surface area contributed by atoms with Crippen molar-refractivity contribution >= 4 is 98.0 Å². The Bertz CT molecular complexity index is 3630. The van der Waals surface area contributed by atoms with Crippen LogP contribution in [0.3, 0.4) is 0 Å². The first-order valence-electron chi connectivity index (χ1n) is 18.6. The first-order valence-corrected chi connectivity index (χ1v) is 24.3. The maximum atomic E-state index is 12.3. The minimum atomic E-state index is -4.68. The van der Waals surface area contributed by atoms with Gasteiger partial charge in [-0.3, -0.25) is 18.2 Å². The quantitative estimate of drug-likeness (QED) is 0.129. The molecule has 0 atom stereocenters. The average Bonchev–Trinajstić information content (AvgIpc) is 4.05. The lowest BCUT2D eigenvalue weighted by Crippen LogP contribution is -2.08. The summed E-state index contributed by atoms with van der Waals surface area (Å²) in [6, 6.07) is 20.9. The predicted octanol–water partition coefficient (Wildman–Crippen LogP) is 7.10. The van der Waals surface area contributed by atoms with Crippen molar-refractivity contribution in [2.24, 2.45) is 20.0 Å². The second-order valence-corrected chi connectivity index (χ2v) is 20.1. The molecule has 5 aliphatic rings. The second-order valence-electron chi connectivity index (χ2n) is 14.4. The molecule has 5 aliphatic heterocycles. The van der Waals surface area contributed by atoms with E-state index >= 15 is 0 Å². The monoisotopic (exact) mass is 968 g/mol. The van der Waals surface area contributed by atoms with E-state index in [9.17, 15) is 51.9 Å². The van der Waals surface area contributed by atoms with Gasteiger partial charge < -0.3 is 0 Å². The number of nitrogens with zero attached hydrogens (tertiary/aromatic N) is 4. The molecule has 9 rings (SSSR count). The third kappa shape index (κ3) is 9.07. The van der Waals surface area contributed by atoms with E-state index in [2.05, 4.69) is 0 Å². The second kappa shape index (κ2) is 16.4. The molecule has 0 radical (unpaired) electrons. The standard InChI is InChI=1S/C44H28N4O12S4.ClH/c49-61(50,51)34-13-1-25(2-14-34)38-23-33-22-31-10-9-29(45-31)21-30-11-12-32(46-30)24-39-40(26-3-15-35(16-4-26)62(52,53)54)41(27-5-17-36(18-6-27)63(55,56)57)44(48-39)42(43(38)47-33)28-7-19-37(20-8-28)64(58,59)60;/h1-24H,(H,49,50,51)(H,52,53,54)(H,55,56,57)(H,58,59,60);1H. The van der Waals surface area contributed by atoms with Gasteiger partial charge in [-0.1, -0.05) is 48.5 Å². The normalized spacial score (nSPS) is 17.2. The molecule has 0 aromatic heterocycles. The van der Waals surface area contributed by atoms with Crippen LogP contribution in [0.4, 0.5) is 0 Å². The number of hydrogen-bond acceptors (Lipinski definition) is 12. The predicted molar refractivity (Wildman–Crippen MR) is 246 cm³/mol. The van der Waals surface area contributed by atoms with Gasteiger partial charge in [0.05, 0.1) is 65.2 Å². The van der Waals surface area contributed by atoms with Gasteiger partial charge in [0.2, 0.25) is 0 Å². The molecule has 21 heteroatoms. The van der Waals surface area contributed by atoms with Crippen molar-refractivity contribution in [3.63, 3.8) is 0 Å². The minimum Gasteiger partial charge on any atom is -0.282 e. The smallest absolute Gasteiger partial charge is 0.282 e. The number of benzene rings is 4. The first-order chi connectivity index (χ1) is 30.2. The maximum Gasteiger partial charge on any atom is 0.294 e. The Labute approximate surface area is 378 Å². The van der Waals surface area contributed by atoms with E-state index in [1.165, 1.54) is 97.1 Å². The minimum absolute atomic E-state index is 0.